The zero-order valence-corrected chi connectivity index (χ0v) is 9.26. The molecule has 3 unspecified atom stereocenters. The molecule has 0 radical (unpaired) electrons. The summed E-state index contributed by atoms with van der Waals surface area (Å²) in [5.41, 5.74) is 0. The van der Waals surface area contributed by atoms with Crippen molar-refractivity contribution in [1.29, 1.82) is 0 Å². The number of rotatable bonds is 0. The lowest BCUT2D eigenvalue weighted by Gasteiger charge is -2.33. The molecule has 0 aromatic rings. The molecular formula is C11H16F3NO. The van der Waals surface area contributed by atoms with Crippen LogP contribution in [-0.2, 0) is 4.79 Å². The maximum absolute atomic E-state index is 12.8. The van der Waals surface area contributed by atoms with Crippen molar-refractivity contribution in [2.45, 2.75) is 32.4 Å². The lowest BCUT2D eigenvalue weighted by atomic mass is 9.75. The fraction of sp³-hybridized carbons (Fsp3) is 0.909. The average molecular weight is 235 g/mol. The molecule has 0 N–H and O–H groups in total. The van der Waals surface area contributed by atoms with Gasteiger partial charge in [-0.15, -0.1) is 0 Å². The van der Waals surface area contributed by atoms with Crippen molar-refractivity contribution in [1.82, 2.24) is 4.90 Å². The number of hydrogen-bond donors (Lipinski definition) is 0. The van der Waals surface area contributed by atoms with Crippen molar-refractivity contribution in [2.24, 2.45) is 17.8 Å². The highest BCUT2D eigenvalue weighted by molar-refractivity contribution is 5.73. The van der Waals surface area contributed by atoms with Crippen molar-refractivity contribution >= 4 is 5.91 Å². The molecule has 3 rings (SSSR count). The minimum atomic E-state index is -4.10. The second kappa shape index (κ2) is 3.93. The molecule has 0 aromatic carbocycles. The molecule has 1 aliphatic carbocycles. The standard InChI is InChI=1S/C11H16F3NO/c1-7(16)15-5-8-2-3-9(6-15)10(4-8)11(12,13)14/h8-10H,2-6H2,1H3. The largest absolute Gasteiger partial charge is 0.392 e. The van der Waals surface area contributed by atoms with Crippen LogP contribution in [0.5, 0.6) is 0 Å². The minimum Gasteiger partial charge on any atom is -0.342 e. The molecule has 2 aliphatic heterocycles. The molecule has 5 heteroatoms. The minimum absolute atomic E-state index is 0.0364. The topological polar surface area (TPSA) is 20.3 Å². The Bertz CT molecular complexity index is 289. The van der Waals surface area contributed by atoms with E-state index in [9.17, 15) is 18.0 Å². The Labute approximate surface area is 92.8 Å². The van der Waals surface area contributed by atoms with Crippen molar-refractivity contribution in [2.75, 3.05) is 13.1 Å². The third-order valence-corrected chi connectivity index (χ3v) is 3.90. The van der Waals surface area contributed by atoms with E-state index < -0.39 is 12.1 Å². The first-order valence-corrected chi connectivity index (χ1v) is 5.70. The molecule has 3 aliphatic rings. The SMILES string of the molecule is CC(=O)N1CC2CCC(C1)C(C(F)(F)F)C2. The van der Waals surface area contributed by atoms with Crippen LogP contribution < -0.4 is 0 Å². The Kier molecular flexibility index (Phi) is 2.88. The molecule has 1 amide bonds. The van der Waals surface area contributed by atoms with Crippen LogP contribution in [0.1, 0.15) is 26.2 Å². The van der Waals surface area contributed by atoms with Crippen molar-refractivity contribution in [3.8, 4) is 0 Å². The van der Waals surface area contributed by atoms with Gasteiger partial charge in [0, 0.05) is 20.0 Å². The van der Waals surface area contributed by atoms with Gasteiger partial charge in [0.2, 0.25) is 5.91 Å². The Morgan fingerprint density at radius 1 is 1.25 bits per heavy atom. The lowest BCUT2D eigenvalue weighted by molar-refractivity contribution is -0.197. The Morgan fingerprint density at radius 2 is 1.94 bits per heavy atom. The predicted octanol–water partition coefficient (Wildman–Crippen LogP) is 2.44. The van der Waals surface area contributed by atoms with Crippen LogP contribution in [0.4, 0.5) is 13.2 Å². The number of fused-ring (bicyclic) bond motifs is 4. The number of hydrogen-bond acceptors (Lipinski definition) is 1. The van der Waals surface area contributed by atoms with Crippen molar-refractivity contribution < 1.29 is 18.0 Å². The fourth-order valence-electron chi connectivity index (χ4n) is 3.03. The lowest BCUT2D eigenvalue weighted by Crippen LogP contribution is -2.37. The molecule has 3 atom stereocenters. The maximum Gasteiger partial charge on any atom is 0.392 e. The summed E-state index contributed by atoms with van der Waals surface area (Å²) < 4.78 is 38.4. The average Bonchev–Trinajstić information content (AvgIpc) is 2.46. The monoisotopic (exact) mass is 235 g/mol. The summed E-state index contributed by atoms with van der Waals surface area (Å²) in [5.74, 6) is -1.65. The summed E-state index contributed by atoms with van der Waals surface area (Å²) >= 11 is 0. The summed E-state index contributed by atoms with van der Waals surface area (Å²) in [4.78, 5) is 12.9. The second-order valence-electron chi connectivity index (χ2n) is 5.01. The fourth-order valence-corrected chi connectivity index (χ4v) is 3.03. The van der Waals surface area contributed by atoms with E-state index in [4.69, 9.17) is 0 Å². The van der Waals surface area contributed by atoms with Gasteiger partial charge in [0.05, 0.1) is 5.92 Å². The van der Waals surface area contributed by atoms with Crippen molar-refractivity contribution in [3.05, 3.63) is 0 Å². The highest BCUT2D eigenvalue weighted by Crippen LogP contribution is 2.46. The van der Waals surface area contributed by atoms with E-state index in [0.29, 0.717) is 13.0 Å². The van der Waals surface area contributed by atoms with Crippen LogP contribution in [0.15, 0.2) is 0 Å². The number of halogens is 3. The molecular weight excluding hydrogens is 219 g/mol. The van der Waals surface area contributed by atoms with Gasteiger partial charge in [-0.3, -0.25) is 4.79 Å². The number of amides is 1. The first-order chi connectivity index (χ1) is 7.38. The molecule has 0 aromatic heterocycles. The van der Waals surface area contributed by atoms with E-state index >= 15 is 0 Å². The van der Waals surface area contributed by atoms with Crippen molar-refractivity contribution in [3.63, 3.8) is 0 Å². The van der Waals surface area contributed by atoms with Crippen LogP contribution in [0.3, 0.4) is 0 Å². The summed E-state index contributed by atoms with van der Waals surface area (Å²) in [6.07, 6.45) is -2.45. The Balaban J connectivity index is 2.16. The third-order valence-electron chi connectivity index (χ3n) is 3.90. The maximum atomic E-state index is 12.8. The van der Waals surface area contributed by atoms with Gasteiger partial charge in [-0.1, -0.05) is 0 Å². The van der Waals surface area contributed by atoms with E-state index in [1.165, 1.54) is 6.92 Å². The highest BCUT2D eigenvalue weighted by atomic mass is 19.4. The van der Waals surface area contributed by atoms with Gasteiger partial charge < -0.3 is 4.90 Å². The summed E-state index contributed by atoms with van der Waals surface area (Å²) in [5, 5.41) is 0. The van der Waals surface area contributed by atoms with Crippen LogP contribution in [-0.4, -0.2) is 30.1 Å². The zero-order chi connectivity index (χ0) is 11.9. The summed E-state index contributed by atoms with van der Waals surface area (Å²) in [7, 11) is 0. The van der Waals surface area contributed by atoms with E-state index in [1.54, 1.807) is 4.90 Å². The van der Waals surface area contributed by atoms with E-state index in [0.717, 1.165) is 6.42 Å². The molecule has 2 saturated heterocycles. The van der Waals surface area contributed by atoms with E-state index in [1.807, 2.05) is 0 Å². The second-order valence-corrected chi connectivity index (χ2v) is 5.01. The van der Waals surface area contributed by atoms with Gasteiger partial charge in [-0.05, 0) is 31.1 Å². The highest BCUT2D eigenvalue weighted by Gasteiger charge is 2.50. The van der Waals surface area contributed by atoms with Gasteiger partial charge in [0.1, 0.15) is 0 Å². The molecule has 2 heterocycles. The van der Waals surface area contributed by atoms with Gasteiger partial charge in [-0.25, -0.2) is 0 Å². The van der Waals surface area contributed by atoms with Crippen LogP contribution in [0.25, 0.3) is 0 Å². The molecule has 0 spiro atoms. The Morgan fingerprint density at radius 3 is 2.50 bits per heavy atom. The zero-order valence-electron chi connectivity index (χ0n) is 9.26. The van der Waals surface area contributed by atoms with Crippen LogP contribution in [0, 0.1) is 17.8 Å². The Hall–Kier alpha value is -0.740. The third kappa shape index (κ3) is 2.18. The molecule has 1 saturated carbocycles. The van der Waals surface area contributed by atoms with Crippen LogP contribution >= 0.6 is 0 Å². The quantitative estimate of drug-likeness (QED) is 0.631. The van der Waals surface area contributed by atoms with E-state index in [2.05, 4.69) is 0 Å². The van der Waals surface area contributed by atoms with Gasteiger partial charge in [-0.2, -0.15) is 13.2 Å². The molecule has 2 bridgehead atoms. The smallest absolute Gasteiger partial charge is 0.342 e. The number of carbonyl (C=O) groups excluding carboxylic acids is 1. The normalized spacial score (nSPS) is 35.0. The van der Waals surface area contributed by atoms with Gasteiger partial charge in [0.15, 0.2) is 0 Å². The first-order valence-electron chi connectivity index (χ1n) is 5.70. The number of nitrogens with zero attached hydrogens (tertiary/aromatic N) is 1. The predicted molar refractivity (Wildman–Crippen MR) is 52.6 cm³/mol. The van der Waals surface area contributed by atoms with Gasteiger partial charge in [0.25, 0.3) is 0 Å². The summed E-state index contributed by atoms with van der Waals surface area (Å²) in [6.45, 7) is 2.24. The van der Waals surface area contributed by atoms with E-state index in [-0.39, 0.29) is 30.7 Å². The van der Waals surface area contributed by atoms with Crippen LogP contribution in [0.2, 0.25) is 0 Å². The van der Waals surface area contributed by atoms with Gasteiger partial charge >= 0.3 is 6.18 Å². The molecule has 3 fully saturated rings. The number of carbonyl (C=O) groups is 1. The first kappa shape index (κ1) is 11.7. The molecule has 2 nitrogen and oxygen atoms in total. The number of alkyl halides is 3. The summed E-state index contributed by atoms with van der Waals surface area (Å²) in [6, 6.07) is 0. The molecule has 92 valence electrons. The molecule has 16 heavy (non-hydrogen) atoms.